The molecule has 22 heavy (non-hydrogen) atoms. The van der Waals surface area contributed by atoms with Gasteiger partial charge in [-0.05, 0) is 35.4 Å². The Morgan fingerprint density at radius 1 is 0.773 bits per heavy atom. The molecule has 4 aromatic rings. The lowest BCUT2D eigenvalue weighted by Crippen LogP contribution is -1.92. The van der Waals surface area contributed by atoms with Crippen molar-refractivity contribution >= 4 is 11.0 Å². The molecule has 0 spiro atoms. The highest BCUT2D eigenvalue weighted by atomic mass is 16.3. The number of hydrogen-bond acceptors (Lipinski definition) is 2. The van der Waals surface area contributed by atoms with Crippen LogP contribution in [0, 0.1) is 0 Å². The predicted molar refractivity (Wildman–Crippen MR) is 88.2 cm³/mol. The Kier molecular flexibility index (Phi) is 2.90. The van der Waals surface area contributed by atoms with Gasteiger partial charge in [-0.3, -0.25) is 4.57 Å². The second-order valence-corrected chi connectivity index (χ2v) is 5.21. The van der Waals surface area contributed by atoms with Crippen molar-refractivity contribution in [2.45, 2.75) is 0 Å². The van der Waals surface area contributed by atoms with Gasteiger partial charge in [0.05, 0.1) is 16.7 Å². The fourth-order valence-corrected chi connectivity index (χ4v) is 2.70. The third kappa shape index (κ3) is 2.13. The van der Waals surface area contributed by atoms with Gasteiger partial charge in [0.1, 0.15) is 12.1 Å². The zero-order chi connectivity index (χ0) is 14.9. The van der Waals surface area contributed by atoms with E-state index in [0.29, 0.717) is 0 Å². The van der Waals surface area contributed by atoms with Crippen molar-refractivity contribution in [3.05, 3.63) is 79.1 Å². The van der Waals surface area contributed by atoms with E-state index in [4.69, 9.17) is 0 Å². The molecular formula is C19H14N2O. The highest BCUT2D eigenvalue weighted by molar-refractivity contribution is 5.78. The summed E-state index contributed by atoms with van der Waals surface area (Å²) in [6.45, 7) is 0. The summed E-state index contributed by atoms with van der Waals surface area (Å²) in [5, 5.41) is 10.1. The molecular weight excluding hydrogens is 272 g/mol. The number of imidazole rings is 1. The highest BCUT2D eigenvalue weighted by Crippen LogP contribution is 2.28. The summed E-state index contributed by atoms with van der Waals surface area (Å²) in [7, 11) is 0. The van der Waals surface area contributed by atoms with E-state index in [1.165, 1.54) is 0 Å². The molecule has 0 fully saturated rings. The molecule has 0 amide bonds. The number of para-hydroxylation sites is 2. The lowest BCUT2D eigenvalue weighted by molar-refractivity contribution is 0.475. The van der Waals surface area contributed by atoms with Crippen LogP contribution in [-0.4, -0.2) is 14.7 Å². The van der Waals surface area contributed by atoms with E-state index in [9.17, 15) is 5.11 Å². The Morgan fingerprint density at radius 3 is 2.41 bits per heavy atom. The lowest BCUT2D eigenvalue weighted by atomic mass is 10.0. The van der Waals surface area contributed by atoms with Crippen molar-refractivity contribution in [1.82, 2.24) is 9.55 Å². The van der Waals surface area contributed by atoms with E-state index in [1.54, 1.807) is 18.5 Å². The van der Waals surface area contributed by atoms with Gasteiger partial charge < -0.3 is 5.11 Å². The summed E-state index contributed by atoms with van der Waals surface area (Å²) in [5.41, 5.74) is 4.91. The maximum absolute atomic E-state index is 10.1. The number of aromatic nitrogens is 2. The molecule has 106 valence electrons. The molecule has 0 aliphatic heterocycles. The van der Waals surface area contributed by atoms with Crippen molar-refractivity contribution in [1.29, 1.82) is 0 Å². The van der Waals surface area contributed by atoms with E-state index in [-0.39, 0.29) is 5.75 Å². The molecule has 0 atom stereocenters. The molecule has 3 aromatic carbocycles. The average molecular weight is 286 g/mol. The van der Waals surface area contributed by atoms with Gasteiger partial charge in [-0.1, -0.05) is 42.5 Å². The summed E-state index contributed by atoms with van der Waals surface area (Å²) >= 11 is 0. The molecule has 0 saturated carbocycles. The van der Waals surface area contributed by atoms with Crippen LogP contribution >= 0.6 is 0 Å². The second-order valence-electron chi connectivity index (χ2n) is 5.21. The van der Waals surface area contributed by atoms with Crippen LogP contribution in [0.3, 0.4) is 0 Å². The molecule has 3 heteroatoms. The van der Waals surface area contributed by atoms with Crippen molar-refractivity contribution in [3.8, 4) is 22.6 Å². The minimum absolute atomic E-state index is 0.245. The van der Waals surface area contributed by atoms with Crippen LogP contribution in [0.1, 0.15) is 0 Å². The van der Waals surface area contributed by atoms with E-state index in [0.717, 1.165) is 27.8 Å². The summed E-state index contributed by atoms with van der Waals surface area (Å²) in [5.74, 6) is 0.245. The van der Waals surface area contributed by atoms with Crippen LogP contribution in [0.25, 0.3) is 27.8 Å². The maximum Gasteiger partial charge on any atom is 0.118 e. The van der Waals surface area contributed by atoms with Crippen LogP contribution in [-0.2, 0) is 0 Å². The molecule has 0 aliphatic rings. The van der Waals surface area contributed by atoms with Gasteiger partial charge in [-0.25, -0.2) is 4.98 Å². The molecule has 0 radical (unpaired) electrons. The quantitative estimate of drug-likeness (QED) is 0.593. The van der Waals surface area contributed by atoms with Crippen molar-refractivity contribution in [3.63, 3.8) is 0 Å². The minimum atomic E-state index is 0.245. The lowest BCUT2D eigenvalue weighted by Gasteiger charge is -2.09. The first-order valence-corrected chi connectivity index (χ1v) is 7.13. The van der Waals surface area contributed by atoms with Crippen LogP contribution in [0.5, 0.6) is 5.75 Å². The maximum atomic E-state index is 10.1. The predicted octanol–water partition coefficient (Wildman–Crippen LogP) is 4.40. The van der Waals surface area contributed by atoms with Gasteiger partial charge in [0, 0.05) is 6.07 Å². The SMILES string of the molecule is Oc1cc(-c2ccccc2)cc(-n2cnc3ccccc32)c1. The summed E-state index contributed by atoms with van der Waals surface area (Å²) in [6, 6.07) is 23.6. The monoisotopic (exact) mass is 286 g/mol. The Bertz CT molecular complexity index is 942. The van der Waals surface area contributed by atoms with E-state index >= 15 is 0 Å². The first-order valence-electron chi connectivity index (χ1n) is 7.13. The number of phenolic OH excluding ortho intramolecular Hbond substituents is 1. The highest BCUT2D eigenvalue weighted by Gasteiger charge is 2.07. The van der Waals surface area contributed by atoms with Crippen molar-refractivity contribution in [2.24, 2.45) is 0 Å². The standard InChI is InChI=1S/C19H14N2O/c22-17-11-15(14-6-2-1-3-7-14)10-16(12-17)21-13-20-18-8-4-5-9-19(18)21/h1-13,22H. The number of fused-ring (bicyclic) bond motifs is 1. The summed E-state index contributed by atoms with van der Waals surface area (Å²) < 4.78 is 1.99. The number of hydrogen-bond donors (Lipinski definition) is 1. The zero-order valence-electron chi connectivity index (χ0n) is 11.8. The van der Waals surface area contributed by atoms with Gasteiger partial charge >= 0.3 is 0 Å². The first kappa shape index (κ1) is 12.7. The molecule has 3 nitrogen and oxygen atoms in total. The number of aromatic hydroxyl groups is 1. The summed E-state index contributed by atoms with van der Waals surface area (Å²) in [6.07, 6.45) is 1.79. The fourth-order valence-electron chi connectivity index (χ4n) is 2.70. The van der Waals surface area contributed by atoms with Crippen molar-refractivity contribution < 1.29 is 5.11 Å². The molecule has 0 saturated heterocycles. The third-order valence-corrected chi connectivity index (χ3v) is 3.74. The van der Waals surface area contributed by atoms with Gasteiger partial charge in [0.2, 0.25) is 0 Å². The van der Waals surface area contributed by atoms with Crippen LogP contribution in [0.2, 0.25) is 0 Å². The van der Waals surface area contributed by atoms with Gasteiger partial charge in [-0.2, -0.15) is 0 Å². The molecule has 4 rings (SSSR count). The smallest absolute Gasteiger partial charge is 0.118 e. The molecule has 1 heterocycles. The normalized spacial score (nSPS) is 10.9. The fraction of sp³-hybridized carbons (Fsp3) is 0. The molecule has 0 unspecified atom stereocenters. The number of rotatable bonds is 2. The van der Waals surface area contributed by atoms with Crippen LogP contribution in [0.15, 0.2) is 79.1 Å². The van der Waals surface area contributed by atoms with E-state index < -0.39 is 0 Å². The Hall–Kier alpha value is -3.07. The zero-order valence-corrected chi connectivity index (χ0v) is 11.8. The topological polar surface area (TPSA) is 38.0 Å². The van der Waals surface area contributed by atoms with Crippen molar-refractivity contribution in [2.75, 3.05) is 0 Å². The van der Waals surface area contributed by atoms with Gasteiger partial charge in [-0.15, -0.1) is 0 Å². The largest absolute Gasteiger partial charge is 0.508 e. The van der Waals surface area contributed by atoms with Crippen LogP contribution in [0.4, 0.5) is 0 Å². The molecule has 1 aromatic heterocycles. The number of nitrogens with zero attached hydrogens (tertiary/aromatic N) is 2. The van der Waals surface area contributed by atoms with Gasteiger partial charge in [0.25, 0.3) is 0 Å². The van der Waals surface area contributed by atoms with E-state index in [1.807, 2.05) is 59.2 Å². The number of phenols is 1. The van der Waals surface area contributed by atoms with E-state index in [2.05, 4.69) is 11.1 Å². The van der Waals surface area contributed by atoms with Crippen LogP contribution < -0.4 is 0 Å². The molecule has 1 N–H and O–H groups in total. The minimum Gasteiger partial charge on any atom is -0.508 e. The third-order valence-electron chi connectivity index (χ3n) is 3.74. The second kappa shape index (κ2) is 5.04. The Labute approximate surface area is 128 Å². The average Bonchev–Trinajstić information content (AvgIpc) is 2.99. The van der Waals surface area contributed by atoms with Gasteiger partial charge in [0.15, 0.2) is 0 Å². The Balaban J connectivity index is 1.91. The number of benzene rings is 3. The molecule has 0 bridgehead atoms. The first-order chi connectivity index (χ1) is 10.8. The summed E-state index contributed by atoms with van der Waals surface area (Å²) in [4.78, 5) is 4.41. The Morgan fingerprint density at radius 2 is 1.55 bits per heavy atom. The molecule has 0 aliphatic carbocycles.